The first-order chi connectivity index (χ1) is 19.8. The number of ether oxygens (including phenoxy) is 2. The van der Waals surface area contributed by atoms with Gasteiger partial charge in [-0.2, -0.15) is 8.42 Å². The van der Waals surface area contributed by atoms with Crippen LogP contribution in [0.3, 0.4) is 0 Å². The van der Waals surface area contributed by atoms with Crippen molar-refractivity contribution in [1.29, 1.82) is 0 Å². The lowest BCUT2D eigenvalue weighted by Gasteiger charge is -2.37. The van der Waals surface area contributed by atoms with E-state index in [4.69, 9.17) is 23.2 Å². The third kappa shape index (κ3) is 14.2. The summed E-state index contributed by atoms with van der Waals surface area (Å²) < 4.78 is 47.3. The summed E-state index contributed by atoms with van der Waals surface area (Å²) in [4.78, 5) is 48.7. The van der Waals surface area contributed by atoms with Crippen molar-refractivity contribution in [3.05, 3.63) is 12.2 Å². The Labute approximate surface area is 263 Å². The number of hydrogen-bond acceptors (Lipinski definition) is 10. The molecule has 15 heteroatoms. The lowest BCUT2D eigenvalue weighted by molar-refractivity contribution is -0.158. The molecule has 13 nitrogen and oxygen atoms in total. The predicted octanol–water partition coefficient (Wildman–Crippen LogP) is 2.90. The van der Waals surface area contributed by atoms with Crippen molar-refractivity contribution >= 4 is 42.2 Å². The van der Waals surface area contributed by atoms with Gasteiger partial charge in [-0.1, -0.05) is 34.6 Å². The number of carboxylic acids is 1. The van der Waals surface area contributed by atoms with Crippen LogP contribution in [0.2, 0.25) is 18.1 Å². The maximum atomic E-state index is 13.0. The molecule has 0 aromatic carbocycles. The van der Waals surface area contributed by atoms with Crippen LogP contribution >= 0.6 is 0 Å². The third-order valence-electron chi connectivity index (χ3n) is 7.44. The zero-order valence-corrected chi connectivity index (χ0v) is 29.6. The van der Waals surface area contributed by atoms with Gasteiger partial charge in [0.05, 0.1) is 38.0 Å². The molecular formula is C29H52N2O11SSi. The van der Waals surface area contributed by atoms with E-state index in [-0.39, 0.29) is 31.3 Å². The van der Waals surface area contributed by atoms with Crippen LogP contribution in [-0.2, 0) is 47.4 Å². The van der Waals surface area contributed by atoms with Crippen LogP contribution in [-0.4, -0.2) is 95.0 Å². The molecular weight excluding hydrogens is 612 g/mol. The second-order valence-electron chi connectivity index (χ2n) is 14.5. The number of nitrogens with one attached hydrogen (secondary N) is 2. The molecule has 1 heterocycles. The summed E-state index contributed by atoms with van der Waals surface area (Å²) in [7, 11) is -5.82. The van der Waals surface area contributed by atoms with Gasteiger partial charge >= 0.3 is 11.9 Å². The van der Waals surface area contributed by atoms with Crippen LogP contribution in [0.25, 0.3) is 0 Å². The summed E-state index contributed by atoms with van der Waals surface area (Å²) in [5.74, 6) is -4.07. The Kier molecular flexibility index (Phi) is 13.8. The van der Waals surface area contributed by atoms with Gasteiger partial charge in [0.25, 0.3) is 10.1 Å². The number of hydrogen-bond donors (Lipinski definition) is 3. The average molecular weight is 665 g/mol. The van der Waals surface area contributed by atoms with E-state index in [0.29, 0.717) is 19.1 Å². The fraction of sp³-hybridized carbons (Fsp3) is 0.793. The summed E-state index contributed by atoms with van der Waals surface area (Å²) in [6.45, 7) is 19.8. The normalized spacial score (nSPS) is 20.0. The zero-order chi connectivity index (χ0) is 34.2. The number of carbonyl (C=O) groups excluding carboxylic acids is 3. The molecule has 254 valence electrons. The maximum Gasteiger partial charge on any atom is 0.328 e. The Balaban J connectivity index is 2.69. The lowest BCUT2D eigenvalue weighted by atomic mass is 9.90. The molecule has 2 amide bonds. The second kappa shape index (κ2) is 15.3. The second-order valence-corrected chi connectivity index (χ2v) is 21.1. The van der Waals surface area contributed by atoms with Gasteiger partial charge in [0.15, 0.2) is 8.32 Å². The highest BCUT2D eigenvalue weighted by atomic mass is 32.2. The summed E-state index contributed by atoms with van der Waals surface area (Å²) in [6.07, 6.45) is 1.39. The van der Waals surface area contributed by atoms with Crippen molar-refractivity contribution in [1.82, 2.24) is 10.6 Å². The molecule has 1 aliphatic heterocycles. The van der Waals surface area contributed by atoms with Crippen molar-refractivity contribution in [3.63, 3.8) is 0 Å². The minimum Gasteiger partial charge on any atom is -0.478 e. The Hall–Kier alpha value is -2.33. The number of carboxylic acid groups (broad SMARTS) is 1. The van der Waals surface area contributed by atoms with Crippen LogP contribution < -0.4 is 10.6 Å². The van der Waals surface area contributed by atoms with E-state index in [1.807, 2.05) is 13.8 Å². The molecule has 1 saturated heterocycles. The summed E-state index contributed by atoms with van der Waals surface area (Å²) >= 11 is 0. The van der Waals surface area contributed by atoms with Gasteiger partial charge in [0.1, 0.15) is 11.1 Å². The highest BCUT2D eigenvalue weighted by Crippen LogP contribution is 2.37. The van der Waals surface area contributed by atoms with Gasteiger partial charge in [-0.3, -0.25) is 18.6 Å². The smallest absolute Gasteiger partial charge is 0.328 e. The van der Waals surface area contributed by atoms with Crippen LogP contribution in [0.5, 0.6) is 0 Å². The van der Waals surface area contributed by atoms with Gasteiger partial charge in [-0.15, -0.1) is 0 Å². The average Bonchev–Trinajstić information content (AvgIpc) is 3.11. The first kappa shape index (κ1) is 39.7. The van der Waals surface area contributed by atoms with Gasteiger partial charge in [-0.25, -0.2) is 4.79 Å². The Morgan fingerprint density at radius 3 is 2.23 bits per heavy atom. The molecule has 0 unspecified atom stereocenters. The van der Waals surface area contributed by atoms with E-state index in [1.165, 1.54) is 0 Å². The van der Waals surface area contributed by atoms with Gasteiger partial charge in [-0.05, 0) is 50.7 Å². The van der Waals surface area contributed by atoms with Crippen LogP contribution in [0.15, 0.2) is 12.2 Å². The molecule has 44 heavy (non-hydrogen) atoms. The minimum atomic E-state index is -3.90. The van der Waals surface area contributed by atoms with Crippen LogP contribution in [0.1, 0.15) is 74.7 Å². The fourth-order valence-corrected chi connectivity index (χ4v) is 5.89. The van der Waals surface area contributed by atoms with Crippen molar-refractivity contribution in [2.24, 2.45) is 5.41 Å². The summed E-state index contributed by atoms with van der Waals surface area (Å²) in [6, 6.07) is -0.669. The molecule has 0 spiro atoms. The number of aliphatic carboxylic acids is 1. The topological polar surface area (TPSA) is 184 Å². The Morgan fingerprint density at radius 2 is 1.68 bits per heavy atom. The van der Waals surface area contributed by atoms with E-state index >= 15 is 0 Å². The number of amides is 2. The van der Waals surface area contributed by atoms with E-state index in [9.17, 15) is 27.6 Å². The molecule has 1 rings (SSSR count). The molecule has 0 aromatic rings. The molecule has 0 aliphatic carbocycles. The van der Waals surface area contributed by atoms with E-state index < -0.39 is 77.0 Å². The fourth-order valence-electron chi connectivity index (χ4n) is 3.91. The number of rotatable bonds is 17. The molecule has 2 atom stereocenters. The Morgan fingerprint density at radius 1 is 1.07 bits per heavy atom. The number of esters is 1. The Bertz CT molecular complexity index is 1170. The molecule has 1 fully saturated rings. The number of carbonyl (C=O) groups is 4. The van der Waals surface area contributed by atoms with Crippen molar-refractivity contribution in [3.8, 4) is 0 Å². The highest BCUT2D eigenvalue weighted by molar-refractivity contribution is 7.86. The largest absolute Gasteiger partial charge is 0.478 e. The monoisotopic (exact) mass is 664 g/mol. The van der Waals surface area contributed by atoms with Gasteiger partial charge in [0, 0.05) is 25.2 Å². The standard InChI is InChI=1S/C29H52N2O11SSi/c1-26(2,3)42-24(35)18-29(31-22(32)11-12-23(33)34)17-21(30-25(29)36)19-39-15-16-43(37,38)40-20-28(7,8)13-14-41-44(9,10)27(4,5)6/h11-12,21H,13-20H2,1-10H3,(H,30,36)(H,31,32)(H,33,34)/t21-,29-/m0/s1. The summed E-state index contributed by atoms with van der Waals surface area (Å²) in [5.41, 5.74) is -3.00. The van der Waals surface area contributed by atoms with Gasteiger partial charge < -0.3 is 29.6 Å². The van der Waals surface area contributed by atoms with E-state index in [0.717, 1.165) is 6.08 Å². The van der Waals surface area contributed by atoms with Crippen LogP contribution in [0, 0.1) is 5.41 Å². The van der Waals surface area contributed by atoms with Crippen molar-refractivity contribution in [2.75, 3.05) is 32.2 Å². The van der Waals surface area contributed by atoms with Crippen molar-refractivity contribution in [2.45, 2.75) is 110 Å². The first-order valence-electron chi connectivity index (χ1n) is 14.6. The SMILES string of the molecule is CC(C)(CCO[Si](C)(C)C(C)(C)C)COS(=O)(=O)CCOC[C@@H]1C[C@@](CC(=O)OC(C)(C)C)(NC(=O)C=CC(=O)O)C(=O)N1. The molecule has 1 aliphatic rings. The third-order valence-corrected chi connectivity index (χ3v) is 13.1. The van der Waals surface area contributed by atoms with E-state index in [2.05, 4.69) is 44.5 Å². The molecule has 3 N–H and O–H groups in total. The van der Waals surface area contributed by atoms with Gasteiger partial charge in [0.2, 0.25) is 11.8 Å². The molecule has 0 radical (unpaired) electrons. The van der Waals surface area contributed by atoms with Crippen LogP contribution in [0.4, 0.5) is 0 Å². The molecule has 0 saturated carbocycles. The summed E-state index contributed by atoms with van der Waals surface area (Å²) in [5, 5.41) is 14.0. The first-order valence-corrected chi connectivity index (χ1v) is 19.1. The maximum absolute atomic E-state index is 13.0. The predicted molar refractivity (Wildman–Crippen MR) is 167 cm³/mol. The quantitative estimate of drug-likeness (QED) is 0.0683. The minimum absolute atomic E-state index is 0.0158. The van der Waals surface area contributed by atoms with Crippen molar-refractivity contribution < 1.29 is 50.8 Å². The molecule has 0 bridgehead atoms. The highest BCUT2D eigenvalue weighted by Gasteiger charge is 2.50. The van der Waals surface area contributed by atoms with E-state index in [1.54, 1.807) is 20.8 Å². The molecule has 0 aromatic heterocycles. The lowest BCUT2D eigenvalue weighted by Crippen LogP contribution is -2.55. The zero-order valence-electron chi connectivity index (χ0n) is 27.8.